The number of aromatic amines is 1. The predicted molar refractivity (Wildman–Crippen MR) is 77.9 cm³/mol. The van der Waals surface area contributed by atoms with E-state index in [1.54, 1.807) is 19.0 Å². The Balaban J connectivity index is 1.73. The van der Waals surface area contributed by atoms with Gasteiger partial charge in [0.1, 0.15) is 11.5 Å². The van der Waals surface area contributed by atoms with Crippen LogP contribution in [-0.4, -0.2) is 46.5 Å². The van der Waals surface area contributed by atoms with E-state index in [-0.39, 0.29) is 5.91 Å². The van der Waals surface area contributed by atoms with E-state index < -0.39 is 0 Å². The van der Waals surface area contributed by atoms with Crippen molar-refractivity contribution in [1.82, 2.24) is 20.0 Å². The molecule has 0 fully saturated rings. The zero-order valence-corrected chi connectivity index (χ0v) is 12.6. The number of carbonyl (C=O) groups excluding carboxylic acids is 1. The first-order valence-corrected chi connectivity index (χ1v) is 7.10. The number of rotatable bonds is 3. The van der Waals surface area contributed by atoms with Gasteiger partial charge in [-0.1, -0.05) is 0 Å². The molecule has 1 aliphatic heterocycles. The van der Waals surface area contributed by atoms with Crippen LogP contribution in [0.1, 0.15) is 33.3 Å². The third kappa shape index (κ3) is 2.71. The Morgan fingerprint density at radius 1 is 1.48 bits per heavy atom. The van der Waals surface area contributed by atoms with E-state index in [4.69, 9.17) is 4.42 Å². The molecule has 1 aliphatic rings. The molecule has 0 saturated carbocycles. The van der Waals surface area contributed by atoms with Crippen LogP contribution in [0.2, 0.25) is 0 Å². The number of furan rings is 1. The molecule has 0 aliphatic carbocycles. The fourth-order valence-corrected chi connectivity index (χ4v) is 2.69. The van der Waals surface area contributed by atoms with Crippen LogP contribution in [0.3, 0.4) is 0 Å². The first-order valence-electron chi connectivity index (χ1n) is 7.10. The molecule has 0 aromatic carbocycles. The third-order valence-electron chi connectivity index (χ3n) is 3.80. The van der Waals surface area contributed by atoms with Crippen molar-refractivity contribution in [2.45, 2.75) is 26.4 Å². The van der Waals surface area contributed by atoms with E-state index in [0.717, 1.165) is 48.8 Å². The van der Waals surface area contributed by atoms with Crippen molar-refractivity contribution in [2.75, 3.05) is 20.6 Å². The summed E-state index contributed by atoms with van der Waals surface area (Å²) in [7, 11) is 3.50. The van der Waals surface area contributed by atoms with Crippen LogP contribution in [0, 0.1) is 6.92 Å². The van der Waals surface area contributed by atoms with Gasteiger partial charge in [0.25, 0.3) is 5.91 Å². The minimum Gasteiger partial charge on any atom is -0.465 e. The summed E-state index contributed by atoms with van der Waals surface area (Å²) >= 11 is 0. The number of hydrogen-bond acceptors (Lipinski definition) is 4. The lowest BCUT2D eigenvalue weighted by atomic mass is 10.0. The van der Waals surface area contributed by atoms with Gasteiger partial charge in [0.2, 0.25) is 0 Å². The Labute approximate surface area is 123 Å². The topological polar surface area (TPSA) is 65.4 Å². The Morgan fingerprint density at radius 2 is 2.29 bits per heavy atom. The molecule has 0 radical (unpaired) electrons. The Hall–Kier alpha value is -2.08. The smallest absolute Gasteiger partial charge is 0.274 e. The number of aryl methyl sites for hydroxylation is 1. The van der Waals surface area contributed by atoms with E-state index in [9.17, 15) is 4.79 Å². The summed E-state index contributed by atoms with van der Waals surface area (Å²) in [5, 5.41) is 7.21. The molecule has 112 valence electrons. The molecule has 0 bridgehead atoms. The molecule has 3 rings (SSSR count). The van der Waals surface area contributed by atoms with Crippen molar-refractivity contribution in [2.24, 2.45) is 0 Å². The molecular weight excluding hydrogens is 268 g/mol. The summed E-state index contributed by atoms with van der Waals surface area (Å²) in [5.41, 5.74) is 2.65. The van der Waals surface area contributed by atoms with Crippen molar-refractivity contribution in [3.8, 4) is 0 Å². The van der Waals surface area contributed by atoms with Crippen molar-refractivity contribution in [3.63, 3.8) is 0 Å². The summed E-state index contributed by atoms with van der Waals surface area (Å²) in [6, 6.07) is 3.99. The monoisotopic (exact) mass is 288 g/mol. The Bertz CT molecular complexity index is 656. The Kier molecular flexibility index (Phi) is 3.55. The normalized spacial score (nSPS) is 15.0. The van der Waals surface area contributed by atoms with Crippen LogP contribution in [0.15, 0.2) is 16.5 Å². The number of amides is 1. The molecule has 0 spiro atoms. The van der Waals surface area contributed by atoms with Crippen LogP contribution in [0.4, 0.5) is 0 Å². The molecule has 0 saturated heterocycles. The maximum Gasteiger partial charge on any atom is 0.274 e. The molecule has 3 heterocycles. The number of nitrogens with zero attached hydrogens (tertiary/aromatic N) is 3. The van der Waals surface area contributed by atoms with E-state index in [2.05, 4.69) is 15.1 Å². The lowest BCUT2D eigenvalue weighted by molar-refractivity contribution is 0.0820. The number of H-pyrrole nitrogens is 1. The van der Waals surface area contributed by atoms with E-state index in [0.29, 0.717) is 5.69 Å². The summed E-state index contributed by atoms with van der Waals surface area (Å²) in [4.78, 5) is 15.9. The van der Waals surface area contributed by atoms with Gasteiger partial charge in [0.15, 0.2) is 5.69 Å². The van der Waals surface area contributed by atoms with Gasteiger partial charge in [-0.3, -0.25) is 14.8 Å². The maximum absolute atomic E-state index is 12.1. The number of fused-ring (bicyclic) bond motifs is 1. The number of aromatic nitrogens is 2. The predicted octanol–water partition coefficient (Wildman–Crippen LogP) is 1.57. The van der Waals surface area contributed by atoms with Crippen molar-refractivity contribution in [1.29, 1.82) is 0 Å². The third-order valence-corrected chi connectivity index (χ3v) is 3.80. The van der Waals surface area contributed by atoms with Crippen LogP contribution < -0.4 is 0 Å². The SMILES string of the molecule is Cc1ccc(CN2CCc3c(C(=O)N(C)C)n[nH]c3C2)o1. The molecular formula is C15H20N4O2. The zero-order chi connectivity index (χ0) is 15.0. The van der Waals surface area contributed by atoms with E-state index >= 15 is 0 Å². The highest BCUT2D eigenvalue weighted by Gasteiger charge is 2.26. The van der Waals surface area contributed by atoms with Crippen LogP contribution in [-0.2, 0) is 19.5 Å². The summed E-state index contributed by atoms with van der Waals surface area (Å²) in [6.07, 6.45) is 0.834. The fraction of sp³-hybridized carbons (Fsp3) is 0.467. The van der Waals surface area contributed by atoms with Gasteiger partial charge in [0.05, 0.1) is 12.2 Å². The number of hydrogen-bond donors (Lipinski definition) is 1. The second-order valence-electron chi connectivity index (χ2n) is 5.70. The summed E-state index contributed by atoms with van der Waals surface area (Å²) in [6.45, 7) is 4.40. The summed E-state index contributed by atoms with van der Waals surface area (Å²) in [5.74, 6) is 1.87. The van der Waals surface area contributed by atoms with Crippen LogP contribution >= 0.6 is 0 Å². The molecule has 21 heavy (non-hydrogen) atoms. The fourth-order valence-electron chi connectivity index (χ4n) is 2.69. The van der Waals surface area contributed by atoms with Gasteiger partial charge < -0.3 is 9.32 Å². The molecule has 1 amide bonds. The number of nitrogens with one attached hydrogen (secondary N) is 1. The van der Waals surface area contributed by atoms with Gasteiger partial charge in [-0.2, -0.15) is 5.10 Å². The van der Waals surface area contributed by atoms with Crippen LogP contribution in [0.25, 0.3) is 0 Å². The lowest BCUT2D eigenvalue weighted by Crippen LogP contribution is -2.31. The lowest BCUT2D eigenvalue weighted by Gasteiger charge is -2.25. The van der Waals surface area contributed by atoms with Crippen molar-refractivity contribution in [3.05, 3.63) is 40.6 Å². The average molecular weight is 288 g/mol. The Morgan fingerprint density at radius 3 is 2.95 bits per heavy atom. The molecule has 2 aromatic rings. The highest BCUT2D eigenvalue weighted by atomic mass is 16.3. The molecule has 6 nitrogen and oxygen atoms in total. The second-order valence-corrected chi connectivity index (χ2v) is 5.70. The quantitative estimate of drug-likeness (QED) is 0.931. The first kappa shape index (κ1) is 13.9. The maximum atomic E-state index is 12.1. The minimum atomic E-state index is -0.0393. The standard InChI is InChI=1S/C15H20N4O2/c1-10-4-5-11(21-10)8-19-7-6-12-13(9-19)16-17-14(12)15(20)18(2)3/h4-5H,6-9H2,1-3H3,(H,16,17). The molecule has 6 heteroatoms. The number of carbonyl (C=O) groups is 1. The van der Waals surface area contributed by atoms with Crippen molar-refractivity contribution >= 4 is 5.91 Å². The van der Waals surface area contributed by atoms with E-state index in [1.807, 2.05) is 19.1 Å². The van der Waals surface area contributed by atoms with Crippen molar-refractivity contribution < 1.29 is 9.21 Å². The zero-order valence-electron chi connectivity index (χ0n) is 12.6. The van der Waals surface area contributed by atoms with Gasteiger partial charge in [-0.25, -0.2) is 0 Å². The highest BCUT2D eigenvalue weighted by Crippen LogP contribution is 2.22. The second kappa shape index (κ2) is 5.37. The average Bonchev–Trinajstić information content (AvgIpc) is 3.04. The molecule has 0 unspecified atom stereocenters. The molecule has 0 atom stereocenters. The largest absolute Gasteiger partial charge is 0.465 e. The van der Waals surface area contributed by atoms with Gasteiger partial charge in [-0.05, 0) is 25.5 Å². The van der Waals surface area contributed by atoms with Gasteiger partial charge in [0, 0.05) is 32.7 Å². The highest BCUT2D eigenvalue weighted by molar-refractivity contribution is 5.93. The van der Waals surface area contributed by atoms with Crippen LogP contribution in [0.5, 0.6) is 0 Å². The molecule has 1 N–H and O–H groups in total. The molecule has 2 aromatic heterocycles. The first-order chi connectivity index (χ1) is 10.0. The van der Waals surface area contributed by atoms with E-state index in [1.165, 1.54) is 0 Å². The minimum absolute atomic E-state index is 0.0393. The van der Waals surface area contributed by atoms with Gasteiger partial charge >= 0.3 is 0 Å². The summed E-state index contributed by atoms with van der Waals surface area (Å²) < 4.78 is 5.62. The van der Waals surface area contributed by atoms with Gasteiger partial charge in [-0.15, -0.1) is 0 Å².